The van der Waals surface area contributed by atoms with Gasteiger partial charge in [0, 0.05) is 50.2 Å². The van der Waals surface area contributed by atoms with Gasteiger partial charge in [0.1, 0.15) is 35.0 Å². The summed E-state index contributed by atoms with van der Waals surface area (Å²) in [6.07, 6.45) is 5.46. The number of benzene rings is 1. The molecule has 3 aromatic heterocycles. The van der Waals surface area contributed by atoms with Crippen LogP contribution in [0.2, 0.25) is 5.02 Å². The monoisotopic (exact) mass is 448 g/mol. The van der Waals surface area contributed by atoms with E-state index in [1.807, 2.05) is 58.3 Å². The Bertz CT molecular complexity index is 1250. The minimum atomic E-state index is -0.103. The van der Waals surface area contributed by atoms with E-state index in [4.69, 9.17) is 16.1 Å². The highest BCUT2D eigenvalue weighted by Crippen LogP contribution is 2.32. The van der Waals surface area contributed by atoms with Gasteiger partial charge in [-0.25, -0.2) is 9.97 Å². The number of halogens is 1. The number of piperazine rings is 1. The van der Waals surface area contributed by atoms with Gasteiger partial charge in [-0.15, -0.1) is 0 Å². The number of amides is 1. The zero-order valence-electron chi connectivity index (χ0n) is 17.5. The SMILES string of the molecule is Cc1onc(-c2ccccc2Cl)c1C(=O)N1CCN(c2cc(-n3cccc3)ncn2)CC1. The van der Waals surface area contributed by atoms with E-state index in [1.165, 1.54) is 0 Å². The molecule has 0 atom stereocenters. The second kappa shape index (κ2) is 8.47. The van der Waals surface area contributed by atoms with Gasteiger partial charge in [-0.3, -0.25) is 4.79 Å². The Labute approximate surface area is 190 Å². The minimum Gasteiger partial charge on any atom is -0.360 e. The molecule has 162 valence electrons. The van der Waals surface area contributed by atoms with Gasteiger partial charge in [0.05, 0.1) is 5.02 Å². The van der Waals surface area contributed by atoms with Gasteiger partial charge >= 0.3 is 0 Å². The first-order chi connectivity index (χ1) is 15.6. The number of carbonyl (C=O) groups excluding carboxylic acids is 1. The molecule has 1 saturated heterocycles. The average Bonchev–Trinajstić information content (AvgIpc) is 3.49. The standard InChI is InChI=1S/C23H21ClN6O2/c1-16-21(22(27-32-16)17-6-2-3-7-18(17)24)23(31)30-12-10-29(11-13-30)20-14-19(25-15-26-20)28-8-4-5-9-28/h2-9,14-15H,10-13H2,1H3. The van der Waals surface area contributed by atoms with Crippen molar-refractivity contribution in [3.05, 3.63) is 77.5 Å². The van der Waals surface area contributed by atoms with Crippen LogP contribution >= 0.6 is 11.6 Å². The van der Waals surface area contributed by atoms with Crippen molar-refractivity contribution in [2.24, 2.45) is 0 Å². The highest BCUT2D eigenvalue weighted by molar-refractivity contribution is 6.33. The quantitative estimate of drug-likeness (QED) is 0.471. The van der Waals surface area contributed by atoms with E-state index in [0.717, 1.165) is 11.6 Å². The van der Waals surface area contributed by atoms with Crippen LogP contribution in [0.25, 0.3) is 17.1 Å². The molecule has 32 heavy (non-hydrogen) atoms. The van der Waals surface area contributed by atoms with Gasteiger partial charge in [-0.2, -0.15) is 0 Å². The van der Waals surface area contributed by atoms with E-state index < -0.39 is 0 Å². The summed E-state index contributed by atoms with van der Waals surface area (Å²) in [7, 11) is 0. The number of anilines is 1. The predicted octanol–water partition coefficient (Wildman–Crippen LogP) is 3.85. The highest BCUT2D eigenvalue weighted by Gasteiger charge is 2.29. The Morgan fingerprint density at radius 3 is 2.47 bits per heavy atom. The average molecular weight is 449 g/mol. The van der Waals surface area contributed by atoms with E-state index in [2.05, 4.69) is 20.0 Å². The lowest BCUT2D eigenvalue weighted by molar-refractivity contribution is 0.0745. The molecule has 1 aliphatic heterocycles. The maximum Gasteiger partial charge on any atom is 0.259 e. The molecule has 8 nitrogen and oxygen atoms in total. The number of hydrogen-bond donors (Lipinski definition) is 0. The van der Waals surface area contributed by atoms with Crippen LogP contribution in [0.1, 0.15) is 16.1 Å². The van der Waals surface area contributed by atoms with Crippen LogP contribution in [0.4, 0.5) is 5.82 Å². The molecule has 0 N–H and O–H groups in total. The van der Waals surface area contributed by atoms with Crippen LogP contribution < -0.4 is 4.90 Å². The van der Waals surface area contributed by atoms with Gasteiger partial charge in [0.2, 0.25) is 0 Å². The van der Waals surface area contributed by atoms with E-state index in [9.17, 15) is 4.79 Å². The molecule has 1 aromatic carbocycles. The number of aromatic nitrogens is 4. The summed E-state index contributed by atoms with van der Waals surface area (Å²) < 4.78 is 7.31. The molecule has 0 bridgehead atoms. The van der Waals surface area contributed by atoms with Crippen LogP contribution in [0, 0.1) is 6.92 Å². The Morgan fingerprint density at radius 2 is 1.72 bits per heavy atom. The van der Waals surface area contributed by atoms with E-state index in [0.29, 0.717) is 53.8 Å². The summed E-state index contributed by atoms with van der Waals surface area (Å²) in [4.78, 5) is 26.1. The number of carbonyl (C=O) groups is 1. The molecule has 4 aromatic rings. The van der Waals surface area contributed by atoms with Crippen molar-refractivity contribution >= 4 is 23.3 Å². The largest absolute Gasteiger partial charge is 0.360 e. The highest BCUT2D eigenvalue weighted by atomic mass is 35.5. The molecular weight excluding hydrogens is 428 g/mol. The third kappa shape index (κ3) is 3.73. The fraction of sp³-hybridized carbons (Fsp3) is 0.217. The number of rotatable bonds is 4. The van der Waals surface area contributed by atoms with Crippen molar-refractivity contribution in [3.63, 3.8) is 0 Å². The summed E-state index contributed by atoms with van der Waals surface area (Å²) in [5, 5.41) is 4.65. The van der Waals surface area contributed by atoms with Crippen LogP contribution in [-0.4, -0.2) is 56.7 Å². The van der Waals surface area contributed by atoms with E-state index in [-0.39, 0.29) is 5.91 Å². The van der Waals surface area contributed by atoms with Crippen molar-refractivity contribution in [2.45, 2.75) is 6.92 Å². The number of nitrogens with zero attached hydrogens (tertiary/aromatic N) is 6. The summed E-state index contributed by atoms with van der Waals surface area (Å²) in [5.41, 5.74) is 1.63. The third-order valence-corrected chi connectivity index (χ3v) is 5.93. The van der Waals surface area contributed by atoms with Crippen molar-refractivity contribution in [3.8, 4) is 17.1 Å². The second-order valence-electron chi connectivity index (χ2n) is 7.55. The van der Waals surface area contributed by atoms with E-state index in [1.54, 1.807) is 19.3 Å². The van der Waals surface area contributed by atoms with Gasteiger partial charge < -0.3 is 18.9 Å². The van der Waals surface area contributed by atoms with Gasteiger partial charge in [-0.1, -0.05) is 35.0 Å². The fourth-order valence-corrected chi connectivity index (χ4v) is 4.12. The van der Waals surface area contributed by atoms with Crippen LogP contribution in [0.5, 0.6) is 0 Å². The Morgan fingerprint density at radius 1 is 1.00 bits per heavy atom. The second-order valence-corrected chi connectivity index (χ2v) is 7.95. The lowest BCUT2D eigenvalue weighted by Gasteiger charge is -2.35. The number of hydrogen-bond acceptors (Lipinski definition) is 6. The molecule has 4 heterocycles. The molecule has 0 radical (unpaired) electrons. The molecule has 1 fully saturated rings. The van der Waals surface area contributed by atoms with Crippen LogP contribution in [0.3, 0.4) is 0 Å². The minimum absolute atomic E-state index is 0.103. The first kappa shape index (κ1) is 20.3. The maximum atomic E-state index is 13.4. The topological polar surface area (TPSA) is 80.3 Å². The Balaban J connectivity index is 1.33. The molecule has 0 spiro atoms. The molecular formula is C23H21ClN6O2. The van der Waals surface area contributed by atoms with Crippen molar-refractivity contribution < 1.29 is 9.32 Å². The number of aryl methyl sites for hydroxylation is 1. The zero-order chi connectivity index (χ0) is 22.1. The lowest BCUT2D eigenvalue weighted by Crippen LogP contribution is -2.49. The maximum absolute atomic E-state index is 13.4. The molecule has 0 aliphatic carbocycles. The lowest BCUT2D eigenvalue weighted by atomic mass is 10.0. The van der Waals surface area contributed by atoms with Crippen molar-refractivity contribution in [1.82, 2.24) is 24.6 Å². The normalized spacial score (nSPS) is 14.1. The van der Waals surface area contributed by atoms with Gasteiger partial charge in [0.15, 0.2) is 0 Å². The van der Waals surface area contributed by atoms with Gasteiger partial charge in [-0.05, 0) is 25.1 Å². The molecule has 1 aliphatic rings. The molecule has 0 saturated carbocycles. The van der Waals surface area contributed by atoms with Crippen LogP contribution in [0.15, 0.2) is 65.7 Å². The molecule has 0 unspecified atom stereocenters. The van der Waals surface area contributed by atoms with E-state index >= 15 is 0 Å². The summed E-state index contributed by atoms with van der Waals surface area (Å²) >= 11 is 6.34. The Hall–Kier alpha value is -3.65. The predicted molar refractivity (Wildman–Crippen MR) is 121 cm³/mol. The molecule has 1 amide bonds. The summed E-state index contributed by atoms with van der Waals surface area (Å²) in [6.45, 7) is 4.21. The van der Waals surface area contributed by atoms with Crippen molar-refractivity contribution in [1.29, 1.82) is 0 Å². The first-order valence-electron chi connectivity index (χ1n) is 10.3. The first-order valence-corrected chi connectivity index (χ1v) is 10.7. The zero-order valence-corrected chi connectivity index (χ0v) is 18.2. The third-order valence-electron chi connectivity index (χ3n) is 5.60. The van der Waals surface area contributed by atoms with Gasteiger partial charge in [0.25, 0.3) is 5.91 Å². The van der Waals surface area contributed by atoms with Crippen LogP contribution in [-0.2, 0) is 0 Å². The summed E-state index contributed by atoms with van der Waals surface area (Å²) in [6, 6.07) is 13.2. The fourth-order valence-electron chi connectivity index (χ4n) is 3.90. The molecule has 5 rings (SSSR count). The van der Waals surface area contributed by atoms with Crippen molar-refractivity contribution in [2.75, 3.05) is 31.1 Å². The Kier molecular flexibility index (Phi) is 5.36. The summed E-state index contributed by atoms with van der Waals surface area (Å²) in [5.74, 6) is 2.03. The smallest absolute Gasteiger partial charge is 0.259 e. The molecule has 9 heteroatoms.